The number of aryl methyl sites for hydroxylation is 1. The number of benzene rings is 2. The Morgan fingerprint density at radius 2 is 1.72 bits per heavy atom. The molecule has 0 unspecified atom stereocenters. The summed E-state index contributed by atoms with van der Waals surface area (Å²) in [7, 11) is 0. The van der Waals surface area contributed by atoms with Crippen LogP contribution in [0, 0.1) is 6.92 Å². The maximum absolute atomic E-state index is 10.4. The van der Waals surface area contributed by atoms with Crippen molar-refractivity contribution in [2.45, 2.75) is 6.92 Å². The Kier molecular flexibility index (Phi) is 3.87. The largest absolute Gasteiger partial charge is 0.504 e. The molecule has 0 aliphatic heterocycles. The van der Waals surface area contributed by atoms with E-state index in [4.69, 9.17) is 4.63 Å². The van der Waals surface area contributed by atoms with E-state index < -0.39 is 0 Å². The summed E-state index contributed by atoms with van der Waals surface area (Å²) >= 11 is 0. The molecule has 142 valence electrons. The maximum Gasteiger partial charge on any atom is 0.245 e. The molecule has 0 aliphatic carbocycles. The van der Waals surface area contributed by atoms with Crippen molar-refractivity contribution < 1.29 is 9.74 Å². The molecule has 3 N–H and O–H groups in total. The number of nitrogens with zero attached hydrogens (tertiary/aromatic N) is 6. The van der Waals surface area contributed by atoms with Gasteiger partial charge < -0.3 is 15.4 Å². The van der Waals surface area contributed by atoms with E-state index in [-0.39, 0.29) is 28.7 Å². The highest BCUT2D eigenvalue weighted by molar-refractivity contribution is 5.91. The molecule has 5 aromatic rings. The first-order chi connectivity index (χ1) is 14.2. The van der Waals surface area contributed by atoms with Crippen molar-refractivity contribution >= 4 is 45.3 Å². The molecule has 10 heteroatoms. The number of hydrogen-bond donors (Lipinski definition) is 3. The number of nitrogens with one attached hydrogen (secondary N) is 2. The van der Waals surface area contributed by atoms with Gasteiger partial charge in [0.1, 0.15) is 0 Å². The molecule has 2 aromatic carbocycles. The molecule has 0 amide bonds. The topological polar surface area (TPSA) is 137 Å². The molecule has 29 heavy (non-hydrogen) atoms. The Balaban J connectivity index is 1.56. The van der Waals surface area contributed by atoms with Crippen LogP contribution in [0.2, 0.25) is 0 Å². The summed E-state index contributed by atoms with van der Waals surface area (Å²) in [5, 5.41) is 29.9. The van der Waals surface area contributed by atoms with Crippen molar-refractivity contribution in [3.8, 4) is 5.75 Å². The lowest BCUT2D eigenvalue weighted by Crippen LogP contribution is -1.96. The van der Waals surface area contributed by atoms with E-state index in [1.165, 1.54) is 0 Å². The van der Waals surface area contributed by atoms with E-state index in [1.807, 2.05) is 49.4 Å². The number of fused-ring (bicyclic) bond motifs is 2. The van der Waals surface area contributed by atoms with Gasteiger partial charge in [0.25, 0.3) is 0 Å². The van der Waals surface area contributed by atoms with Gasteiger partial charge in [0.15, 0.2) is 17.4 Å². The van der Waals surface area contributed by atoms with Gasteiger partial charge >= 0.3 is 0 Å². The molecule has 3 aromatic heterocycles. The first kappa shape index (κ1) is 16.8. The molecule has 0 spiro atoms. The molecule has 3 heterocycles. The van der Waals surface area contributed by atoms with Crippen LogP contribution >= 0.6 is 0 Å². The first-order valence-corrected chi connectivity index (χ1v) is 8.73. The fourth-order valence-corrected chi connectivity index (χ4v) is 2.84. The van der Waals surface area contributed by atoms with Gasteiger partial charge in [-0.3, -0.25) is 0 Å². The van der Waals surface area contributed by atoms with Gasteiger partial charge in [-0.15, -0.1) is 10.2 Å². The van der Waals surface area contributed by atoms with Gasteiger partial charge in [-0.05, 0) is 41.5 Å². The van der Waals surface area contributed by atoms with E-state index in [2.05, 4.69) is 40.8 Å². The van der Waals surface area contributed by atoms with Crippen LogP contribution in [-0.4, -0.2) is 30.4 Å². The zero-order valence-electron chi connectivity index (χ0n) is 15.2. The van der Waals surface area contributed by atoms with Crippen molar-refractivity contribution in [2.24, 2.45) is 10.2 Å². The van der Waals surface area contributed by atoms with Gasteiger partial charge in [-0.2, -0.15) is 4.98 Å². The third-order valence-electron chi connectivity index (χ3n) is 4.31. The smallest absolute Gasteiger partial charge is 0.245 e. The van der Waals surface area contributed by atoms with Crippen LogP contribution < -0.4 is 5.32 Å². The number of anilines is 2. The predicted molar refractivity (Wildman–Crippen MR) is 106 cm³/mol. The van der Waals surface area contributed by atoms with Crippen LogP contribution in [0.15, 0.2) is 63.4 Å². The number of rotatable bonds is 4. The van der Waals surface area contributed by atoms with E-state index >= 15 is 0 Å². The van der Waals surface area contributed by atoms with Gasteiger partial charge in [0.05, 0.1) is 5.52 Å². The van der Waals surface area contributed by atoms with Gasteiger partial charge in [-0.25, -0.2) is 9.61 Å². The van der Waals surface area contributed by atoms with Gasteiger partial charge in [-0.1, -0.05) is 29.8 Å². The summed E-state index contributed by atoms with van der Waals surface area (Å²) < 4.78 is 4.69. The molecule has 0 saturated heterocycles. The standard InChI is InChI=1S/C19H14N8O2/c1-10-6-8-11(9-7-10)20-16-17(23-19-18(22-16)26-29-27-19)25-24-15-14(28)12-4-2-3-5-13(12)21-15/h2-9,21,28H,1H3,(H,20,22,26). The molecule has 10 nitrogen and oxygen atoms in total. The average Bonchev–Trinajstić information content (AvgIpc) is 3.32. The Bertz CT molecular complexity index is 1350. The molecule has 5 rings (SSSR count). The monoisotopic (exact) mass is 386 g/mol. The molecule has 0 saturated carbocycles. The third-order valence-corrected chi connectivity index (χ3v) is 4.31. The normalized spacial score (nSPS) is 11.6. The summed E-state index contributed by atoms with van der Waals surface area (Å²) in [6.07, 6.45) is 0. The van der Waals surface area contributed by atoms with Crippen LogP contribution in [0.25, 0.3) is 22.2 Å². The summed E-state index contributed by atoms with van der Waals surface area (Å²) in [6, 6.07) is 15.1. The Morgan fingerprint density at radius 3 is 2.52 bits per heavy atom. The lowest BCUT2D eigenvalue weighted by Gasteiger charge is -2.06. The van der Waals surface area contributed by atoms with Crippen LogP contribution in [0.3, 0.4) is 0 Å². The molecular formula is C19H14N8O2. The first-order valence-electron chi connectivity index (χ1n) is 8.73. The number of para-hydroxylation sites is 1. The Labute approximate surface area is 163 Å². The minimum Gasteiger partial charge on any atom is -0.504 e. The number of H-pyrrole nitrogens is 1. The summed E-state index contributed by atoms with van der Waals surface area (Å²) in [4.78, 5) is 11.7. The third kappa shape index (κ3) is 3.12. The number of aromatic hydroxyl groups is 1. The van der Waals surface area contributed by atoms with Gasteiger partial charge in [0.2, 0.25) is 17.1 Å². The summed E-state index contributed by atoms with van der Waals surface area (Å²) in [5.74, 6) is 0.727. The minimum absolute atomic E-state index is 0.00883. The molecule has 0 bridgehead atoms. The zero-order chi connectivity index (χ0) is 19.8. The van der Waals surface area contributed by atoms with Crippen molar-refractivity contribution in [2.75, 3.05) is 5.32 Å². The van der Waals surface area contributed by atoms with Crippen LogP contribution in [0.5, 0.6) is 5.75 Å². The minimum atomic E-state index is 0.00883. The Hall–Kier alpha value is -4.34. The van der Waals surface area contributed by atoms with E-state index in [9.17, 15) is 5.11 Å². The van der Waals surface area contributed by atoms with Crippen LogP contribution in [0.1, 0.15) is 5.56 Å². The molecule has 0 atom stereocenters. The number of aromatic amines is 1. The predicted octanol–water partition coefficient (Wildman–Crippen LogP) is 4.67. The van der Waals surface area contributed by atoms with E-state index in [1.54, 1.807) is 6.07 Å². The second-order valence-corrected chi connectivity index (χ2v) is 6.37. The zero-order valence-corrected chi connectivity index (χ0v) is 15.2. The SMILES string of the molecule is Cc1ccc(Nc2nc3nonc3nc2N=Nc2[nH]c3ccccc3c2O)cc1. The fourth-order valence-electron chi connectivity index (χ4n) is 2.84. The lowest BCUT2D eigenvalue weighted by atomic mass is 10.2. The van der Waals surface area contributed by atoms with Crippen LogP contribution in [0.4, 0.5) is 23.1 Å². The number of aromatic nitrogens is 5. The highest BCUT2D eigenvalue weighted by atomic mass is 16.6. The highest BCUT2D eigenvalue weighted by Crippen LogP contribution is 2.36. The van der Waals surface area contributed by atoms with Crippen molar-refractivity contribution in [1.29, 1.82) is 0 Å². The van der Waals surface area contributed by atoms with Crippen molar-refractivity contribution in [3.63, 3.8) is 0 Å². The number of hydrogen-bond acceptors (Lipinski definition) is 9. The molecule has 0 fully saturated rings. The summed E-state index contributed by atoms with van der Waals surface area (Å²) in [5.41, 5.74) is 3.12. The molecule has 0 aliphatic rings. The average molecular weight is 386 g/mol. The highest BCUT2D eigenvalue weighted by Gasteiger charge is 2.14. The van der Waals surface area contributed by atoms with Gasteiger partial charge in [0, 0.05) is 11.1 Å². The maximum atomic E-state index is 10.4. The van der Waals surface area contributed by atoms with E-state index in [0.717, 1.165) is 16.8 Å². The fraction of sp³-hybridized carbons (Fsp3) is 0.0526. The molecule has 0 radical (unpaired) electrons. The van der Waals surface area contributed by atoms with Crippen molar-refractivity contribution in [1.82, 2.24) is 25.3 Å². The number of azo groups is 1. The second kappa shape index (κ2) is 6.68. The quantitative estimate of drug-likeness (QED) is 0.382. The lowest BCUT2D eigenvalue weighted by molar-refractivity contribution is 0.314. The summed E-state index contributed by atoms with van der Waals surface area (Å²) in [6.45, 7) is 2.00. The Morgan fingerprint density at radius 1 is 0.966 bits per heavy atom. The molecular weight excluding hydrogens is 372 g/mol. The van der Waals surface area contributed by atoms with Crippen molar-refractivity contribution in [3.05, 3.63) is 54.1 Å². The second-order valence-electron chi connectivity index (χ2n) is 6.37. The van der Waals surface area contributed by atoms with E-state index in [0.29, 0.717) is 11.2 Å². The van der Waals surface area contributed by atoms with Crippen LogP contribution in [-0.2, 0) is 0 Å².